The van der Waals surface area contributed by atoms with Gasteiger partial charge < -0.3 is 0 Å². The van der Waals surface area contributed by atoms with Crippen LogP contribution >= 0.6 is 34.8 Å². The van der Waals surface area contributed by atoms with E-state index in [0.29, 0.717) is 0 Å². The Kier molecular flexibility index (Phi) is 5.09. The molecule has 5 nitrogen and oxygen atoms in total. The van der Waals surface area contributed by atoms with E-state index in [0.717, 1.165) is 11.3 Å². The lowest BCUT2D eigenvalue weighted by Gasteiger charge is -2.15. The van der Waals surface area contributed by atoms with E-state index in [2.05, 4.69) is 9.82 Å². The maximum absolute atomic E-state index is 12.5. The molecule has 0 aliphatic heterocycles. The second-order valence-electron chi connectivity index (χ2n) is 4.88. The van der Waals surface area contributed by atoms with Crippen LogP contribution in [0.25, 0.3) is 0 Å². The molecule has 120 valence electrons. The third-order valence-electron chi connectivity index (χ3n) is 3.11. The van der Waals surface area contributed by atoms with Gasteiger partial charge in [0.25, 0.3) is 0 Å². The number of aromatic nitrogens is 2. The van der Waals surface area contributed by atoms with E-state index in [1.165, 1.54) is 12.1 Å². The largest absolute Gasteiger partial charge is 0.275 e. The predicted octanol–water partition coefficient (Wildman–Crippen LogP) is 3.73. The Balaban J connectivity index is 2.36. The van der Waals surface area contributed by atoms with Gasteiger partial charge in [0.1, 0.15) is 4.90 Å². The van der Waals surface area contributed by atoms with Crippen molar-refractivity contribution in [2.24, 2.45) is 7.05 Å². The molecule has 2 aromatic rings. The second kappa shape index (κ2) is 6.37. The summed E-state index contributed by atoms with van der Waals surface area (Å²) < 4.78 is 29.2. The summed E-state index contributed by atoms with van der Waals surface area (Å²) in [5.41, 5.74) is 1.53. The Bertz CT molecular complexity index is 818. The van der Waals surface area contributed by atoms with Gasteiger partial charge in [0, 0.05) is 24.8 Å². The lowest BCUT2D eigenvalue weighted by Crippen LogP contribution is -2.27. The van der Waals surface area contributed by atoms with Crippen molar-refractivity contribution in [3.8, 4) is 0 Å². The molecule has 1 atom stereocenters. The van der Waals surface area contributed by atoms with Crippen molar-refractivity contribution in [1.82, 2.24) is 14.5 Å². The molecule has 0 aliphatic rings. The van der Waals surface area contributed by atoms with Crippen molar-refractivity contribution >= 4 is 44.8 Å². The maximum Gasteiger partial charge on any atom is 0.242 e. The van der Waals surface area contributed by atoms with Crippen LogP contribution in [0, 0.1) is 6.92 Å². The van der Waals surface area contributed by atoms with Gasteiger partial charge in [-0.1, -0.05) is 34.8 Å². The first kappa shape index (κ1) is 17.6. The average Bonchev–Trinajstić information content (AvgIpc) is 2.72. The standard InChI is InChI=1S/C13H14Cl3N3O2S/c1-7-9(6-19(3)17-7)8(2)18-22(20,21)13-5-11(15)10(14)4-12(13)16/h4-6,8,18H,1-3H3. The van der Waals surface area contributed by atoms with Gasteiger partial charge in [-0.25, -0.2) is 13.1 Å². The van der Waals surface area contributed by atoms with Gasteiger partial charge in [0.15, 0.2) is 0 Å². The van der Waals surface area contributed by atoms with Gasteiger partial charge in [-0.05, 0) is 26.0 Å². The van der Waals surface area contributed by atoms with Crippen molar-refractivity contribution in [3.05, 3.63) is 44.7 Å². The predicted molar refractivity (Wildman–Crippen MR) is 88.2 cm³/mol. The Hall–Kier alpha value is -0.790. The number of aryl methyl sites for hydroxylation is 2. The number of hydrogen-bond acceptors (Lipinski definition) is 3. The Labute approximate surface area is 144 Å². The van der Waals surface area contributed by atoms with Crippen molar-refractivity contribution in [1.29, 1.82) is 0 Å². The van der Waals surface area contributed by atoms with Gasteiger partial charge in [-0.3, -0.25) is 4.68 Å². The molecule has 0 amide bonds. The van der Waals surface area contributed by atoms with Crippen LogP contribution in [0.4, 0.5) is 0 Å². The second-order valence-corrected chi connectivity index (χ2v) is 7.79. The summed E-state index contributed by atoms with van der Waals surface area (Å²) >= 11 is 17.7. The monoisotopic (exact) mass is 381 g/mol. The molecule has 2 rings (SSSR count). The Morgan fingerprint density at radius 2 is 1.77 bits per heavy atom. The zero-order chi connectivity index (χ0) is 16.7. The summed E-state index contributed by atoms with van der Waals surface area (Å²) in [6.45, 7) is 3.54. The Morgan fingerprint density at radius 1 is 1.18 bits per heavy atom. The fraction of sp³-hybridized carbons (Fsp3) is 0.308. The molecule has 0 fully saturated rings. The van der Waals surface area contributed by atoms with Crippen molar-refractivity contribution in [2.45, 2.75) is 24.8 Å². The normalized spacial score (nSPS) is 13.4. The summed E-state index contributed by atoms with van der Waals surface area (Å²) in [7, 11) is -2.08. The number of hydrogen-bond donors (Lipinski definition) is 1. The molecule has 1 unspecified atom stereocenters. The number of nitrogens with zero attached hydrogens (tertiary/aromatic N) is 2. The highest BCUT2D eigenvalue weighted by molar-refractivity contribution is 7.89. The van der Waals surface area contributed by atoms with Crippen molar-refractivity contribution in [2.75, 3.05) is 0 Å². The minimum absolute atomic E-state index is 0.0111. The fourth-order valence-electron chi connectivity index (χ4n) is 2.11. The van der Waals surface area contributed by atoms with Crippen LogP contribution in [0.5, 0.6) is 0 Å². The molecule has 1 aromatic heterocycles. The highest BCUT2D eigenvalue weighted by Crippen LogP contribution is 2.32. The molecule has 0 saturated heterocycles. The zero-order valence-electron chi connectivity index (χ0n) is 12.1. The molecule has 0 saturated carbocycles. The van der Waals surface area contributed by atoms with E-state index in [1.807, 2.05) is 6.92 Å². The average molecular weight is 383 g/mol. The first-order valence-corrected chi connectivity index (χ1v) is 8.90. The molecule has 9 heteroatoms. The van der Waals surface area contributed by atoms with E-state index < -0.39 is 16.1 Å². The van der Waals surface area contributed by atoms with Crippen molar-refractivity contribution in [3.63, 3.8) is 0 Å². The maximum atomic E-state index is 12.5. The van der Waals surface area contributed by atoms with Gasteiger partial charge in [-0.15, -0.1) is 0 Å². The van der Waals surface area contributed by atoms with E-state index >= 15 is 0 Å². The third-order valence-corrected chi connectivity index (χ3v) is 5.84. The molecule has 1 N–H and O–H groups in total. The quantitative estimate of drug-likeness (QED) is 0.820. The number of rotatable bonds is 4. The minimum Gasteiger partial charge on any atom is -0.275 e. The zero-order valence-corrected chi connectivity index (χ0v) is 15.1. The topological polar surface area (TPSA) is 64.0 Å². The number of nitrogens with one attached hydrogen (secondary N) is 1. The van der Waals surface area contributed by atoms with Gasteiger partial charge >= 0.3 is 0 Å². The third kappa shape index (κ3) is 3.58. The summed E-state index contributed by atoms with van der Waals surface area (Å²) in [6, 6.07) is 2.07. The first-order valence-electron chi connectivity index (χ1n) is 6.29. The van der Waals surface area contributed by atoms with Crippen LogP contribution in [0.3, 0.4) is 0 Å². The molecular formula is C13H14Cl3N3O2S. The van der Waals surface area contributed by atoms with Gasteiger partial charge in [0.05, 0.1) is 20.8 Å². The highest BCUT2D eigenvalue weighted by Gasteiger charge is 2.24. The van der Waals surface area contributed by atoms with E-state index in [4.69, 9.17) is 34.8 Å². The molecule has 0 radical (unpaired) electrons. The number of benzene rings is 1. The first-order chi connectivity index (χ1) is 10.1. The molecule has 1 heterocycles. The smallest absolute Gasteiger partial charge is 0.242 e. The van der Waals surface area contributed by atoms with E-state index in [9.17, 15) is 8.42 Å². The fourth-order valence-corrected chi connectivity index (χ4v) is 4.34. The number of halogens is 3. The van der Waals surface area contributed by atoms with E-state index in [1.54, 1.807) is 24.9 Å². The van der Waals surface area contributed by atoms with Crippen molar-refractivity contribution < 1.29 is 8.42 Å². The molecule has 0 bridgehead atoms. The highest BCUT2D eigenvalue weighted by atomic mass is 35.5. The van der Waals surface area contributed by atoms with Crippen LogP contribution in [-0.2, 0) is 17.1 Å². The van der Waals surface area contributed by atoms with E-state index in [-0.39, 0.29) is 20.0 Å². The van der Waals surface area contributed by atoms with Crippen LogP contribution < -0.4 is 4.72 Å². The SMILES string of the molecule is Cc1nn(C)cc1C(C)NS(=O)(=O)c1cc(Cl)c(Cl)cc1Cl. The minimum atomic E-state index is -3.85. The van der Waals surface area contributed by atoms with Crippen LogP contribution in [0.1, 0.15) is 24.2 Å². The van der Waals surface area contributed by atoms with Crippen LogP contribution in [0.15, 0.2) is 23.2 Å². The molecular weight excluding hydrogens is 369 g/mol. The number of sulfonamides is 1. The molecule has 0 aliphatic carbocycles. The lowest BCUT2D eigenvalue weighted by atomic mass is 10.1. The summed E-state index contributed by atoms with van der Waals surface area (Å²) in [4.78, 5) is -0.114. The van der Waals surface area contributed by atoms with Crippen LogP contribution in [-0.4, -0.2) is 18.2 Å². The Morgan fingerprint density at radius 3 is 2.32 bits per heavy atom. The molecule has 1 aromatic carbocycles. The lowest BCUT2D eigenvalue weighted by molar-refractivity contribution is 0.566. The van der Waals surface area contributed by atoms with Gasteiger partial charge in [-0.2, -0.15) is 5.10 Å². The summed E-state index contributed by atoms with van der Waals surface area (Å²) in [6.07, 6.45) is 1.76. The molecule has 22 heavy (non-hydrogen) atoms. The van der Waals surface area contributed by atoms with Gasteiger partial charge in [0.2, 0.25) is 10.0 Å². The summed E-state index contributed by atoms with van der Waals surface area (Å²) in [5.74, 6) is 0. The molecule has 0 spiro atoms. The van der Waals surface area contributed by atoms with Crippen LogP contribution in [0.2, 0.25) is 15.1 Å². The summed E-state index contributed by atoms with van der Waals surface area (Å²) in [5, 5.41) is 4.52.